The molecule has 2 aliphatic heterocycles. The summed E-state index contributed by atoms with van der Waals surface area (Å²) in [4.78, 5) is 27.0. The van der Waals surface area contributed by atoms with E-state index in [0.29, 0.717) is 24.1 Å². The Labute approximate surface area is 165 Å². The first-order valence-electron chi connectivity index (χ1n) is 9.33. The molecule has 27 heavy (non-hydrogen) atoms. The van der Waals surface area contributed by atoms with E-state index >= 15 is 0 Å². The first-order valence-corrected chi connectivity index (χ1v) is 9.33. The van der Waals surface area contributed by atoms with Crippen LogP contribution in [0.4, 0.5) is 0 Å². The quantitative estimate of drug-likeness (QED) is 0.870. The van der Waals surface area contributed by atoms with Crippen LogP contribution in [0.5, 0.6) is 0 Å². The number of benzene rings is 1. The lowest BCUT2D eigenvalue weighted by Crippen LogP contribution is -2.35. The molecule has 0 spiro atoms. The summed E-state index contributed by atoms with van der Waals surface area (Å²) in [6.07, 6.45) is 2.07. The van der Waals surface area contributed by atoms with Gasteiger partial charge >= 0.3 is 0 Å². The number of fused-ring (bicyclic) bond motifs is 1. The summed E-state index contributed by atoms with van der Waals surface area (Å²) < 4.78 is 1.37. The standard InChI is InChI=1S/C20H24N4O2.ClH/c25-19-7-6-18(22-24(19)14-15-4-2-1-3-5-15)20(26)23-10-8-16-12-21-13-17(16)9-11-23;/h1-7,16-17,21H,8-14H2;1H/t16-,17+;. The van der Waals surface area contributed by atoms with Gasteiger partial charge in [-0.1, -0.05) is 30.3 Å². The fourth-order valence-electron chi connectivity index (χ4n) is 4.02. The molecule has 2 aliphatic rings. The molecule has 1 aromatic carbocycles. The van der Waals surface area contributed by atoms with E-state index in [4.69, 9.17) is 0 Å². The zero-order valence-corrected chi connectivity index (χ0v) is 16.0. The average Bonchev–Trinajstić information content (AvgIpc) is 3.02. The number of carbonyl (C=O) groups excluding carboxylic acids is 1. The maximum Gasteiger partial charge on any atom is 0.274 e. The van der Waals surface area contributed by atoms with Crippen LogP contribution in [0.2, 0.25) is 0 Å². The molecule has 0 radical (unpaired) electrons. The highest BCUT2D eigenvalue weighted by molar-refractivity contribution is 5.92. The van der Waals surface area contributed by atoms with Gasteiger partial charge in [0, 0.05) is 19.2 Å². The van der Waals surface area contributed by atoms with E-state index in [9.17, 15) is 9.59 Å². The predicted octanol–water partition coefficient (Wildman–Crippen LogP) is 1.79. The van der Waals surface area contributed by atoms with Crippen molar-refractivity contribution in [2.45, 2.75) is 19.4 Å². The van der Waals surface area contributed by atoms with Crippen LogP contribution < -0.4 is 10.9 Å². The van der Waals surface area contributed by atoms with Gasteiger partial charge in [0.2, 0.25) is 0 Å². The second-order valence-electron chi connectivity index (χ2n) is 7.25. The molecule has 2 fully saturated rings. The Balaban J connectivity index is 0.00000210. The SMILES string of the molecule is Cl.O=C(c1ccc(=O)n(Cc2ccccc2)n1)N1CC[C@@H]2CNC[C@@H]2CC1. The number of hydrogen-bond acceptors (Lipinski definition) is 4. The van der Waals surface area contributed by atoms with Gasteiger partial charge in [-0.05, 0) is 49.4 Å². The summed E-state index contributed by atoms with van der Waals surface area (Å²) in [5.41, 5.74) is 1.15. The fraction of sp³-hybridized carbons (Fsp3) is 0.450. The van der Waals surface area contributed by atoms with E-state index in [0.717, 1.165) is 44.6 Å². The van der Waals surface area contributed by atoms with Gasteiger partial charge in [0.15, 0.2) is 0 Å². The first kappa shape index (κ1) is 19.6. The maximum atomic E-state index is 12.9. The molecular weight excluding hydrogens is 364 g/mol. The minimum atomic E-state index is -0.193. The predicted molar refractivity (Wildman–Crippen MR) is 106 cm³/mol. The van der Waals surface area contributed by atoms with Gasteiger partial charge in [0.25, 0.3) is 11.5 Å². The van der Waals surface area contributed by atoms with E-state index in [1.165, 1.54) is 10.7 Å². The van der Waals surface area contributed by atoms with Gasteiger partial charge in [0.1, 0.15) is 5.69 Å². The Hall–Kier alpha value is -2.18. The minimum Gasteiger partial charge on any atom is -0.337 e. The largest absolute Gasteiger partial charge is 0.337 e. The summed E-state index contributed by atoms with van der Waals surface area (Å²) in [7, 11) is 0. The monoisotopic (exact) mass is 388 g/mol. The number of hydrogen-bond donors (Lipinski definition) is 1. The number of aromatic nitrogens is 2. The fourth-order valence-corrected chi connectivity index (χ4v) is 4.02. The molecular formula is C20H25ClN4O2. The molecule has 1 N–H and O–H groups in total. The number of amides is 1. The molecule has 1 aromatic heterocycles. The van der Waals surface area contributed by atoms with Crippen LogP contribution in [0.25, 0.3) is 0 Å². The number of carbonyl (C=O) groups is 1. The lowest BCUT2D eigenvalue weighted by Gasteiger charge is -2.20. The molecule has 0 bridgehead atoms. The third kappa shape index (κ3) is 4.39. The zero-order chi connectivity index (χ0) is 17.9. The van der Waals surface area contributed by atoms with Crippen molar-refractivity contribution in [2.75, 3.05) is 26.2 Å². The first-order chi connectivity index (χ1) is 12.7. The van der Waals surface area contributed by atoms with Crippen LogP contribution in [0, 0.1) is 11.8 Å². The smallest absolute Gasteiger partial charge is 0.274 e. The zero-order valence-electron chi connectivity index (χ0n) is 15.2. The van der Waals surface area contributed by atoms with Gasteiger partial charge < -0.3 is 10.2 Å². The number of halogens is 1. The number of nitrogens with zero attached hydrogens (tertiary/aromatic N) is 3. The number of rotatable bonds is 3. The maximum absolute atomic E-state index is 12.9. The Morgan fingerprint density at radius 2 is 1.70 bits per heavy atom. The molecule has 2 atom stereocenters. The van der Waals surface area contributed by atoms with Gasteiger partial charge in [-0.15, -0.1) is 12.4 Å². The van der Waals surface area contributed by atoms with E-state index in [-0.39, 0.29) is 23.9 Å². The van der Waals surface area contributed by atoms with Crippen molar-refractivity contribution in [2.24, 2.45) is 11.8 Å². The van der Waals surface area contributed by atoms with Gasteiger partial charge in [-0.3, -0.25) is 9.59 Å². The highest BCUT2D eigenvalue weighted by Gasteiger charge is 2.32. The molecule has 0 aliphatic carbocycles. The molecule has 0 saturated carbocycles. The molecule has 6 nitrogen and oxygen atoms in total. The van der Waals surface area contributed by atoms with Crippen molar-refractivity contribution in [1.82, 2.24) is 20.0 Å². The Morgan fingerprint density at radius 1 is 1.04 bits per heavy atom. The van der Waals surface area contributed by atoms with Crippen LogP contribution in [-0.4, -0.2) is 46.8 Å². The molecule has 2 aromatic rings. The van der Waals surface area contributed by atoms with Gasteiger partial charge in [0.05, 0.1) is 6.54 Å². The van der Waals surface area contributed by atoms with E-state index in [1.54, 1.807) is 6.07 Å². The van der Waals surface area contributed by atoms with E-state index < -0.39 is 0 Å². The van der Waals surface area contributed by atoms with Crippen molar-refractivity contribution in [3.8, 4) is 0 Å². The Kier molecular flexibility index (Phi) is 6.29. The number of nitrogens with one attached hydrogen (secondary N) is 1. The van der Waals surface area contributed by atoms with Crippen LogP contribution >= 0.6 is 12.4 Å². The van der Waals surface area contributed by atoms with Crippen molar-refractivity contribution < 1.29 is 4.79 Å². The minimum absolute atomic E-state index is 0. The summed E-state index contributed by atoms with van der Waals surface area (Å²) in [6.45, 7) is 4.03. The second-order valence-corrected chi connectivity index (χ2v) is 7.25. The summed E-state index contributed by atoms with van der Waals surface area (Å²) >= 11 is 0. The highest BCUT2D eigenvalue weighted by Crippen LogP contribution is 2.27. The molecule has 3 heterocycles. The van der Waals surface area contributed by atoms with Crippen LogP contribution in [0.3, 0.4) is 0 Å². The molecule has 0 unspecified atom stereocenters. The molecule has 4 rings (SSSR count). The molecule has 1 amide bonds. The van der Waals surface area contributed by atoms with Crippen molar-refractivity contribution in [3.05, 3.63) is 64.1 Å². The highest BCUT2D eigenvalue weighted by atomic mass is 35.5. The van der Waals surface area contributed by atoms with Crippen LogP contribution in [0.15, 0.2) is 47.3 Å². The third-order valence-corrected chi connectivity index (χ3v) is 5.57. The summed E-state index contributed by atoms with van der Waals surface area (Å²) in [5.74, 6) is 1.28. The Bertz CT molecular complexity index is 825. The van der Waals surface area contributed by atoms with E-state index in [1.807, 2.05) is 35.2 Å². The van der Waals surface area contributed by atoms with Gasteiger partial charge in [-0.2, -0.15) is 5.10 Å². The summed E-state index contributed by atoms with van der Waals surface area (Å²) in [5, 5.41) is 7.80. The van der Waals surface area contributed by atoms with Gasteiger partial charge in [-0.25, -0.2) is 4.68 Å². The normalized spacial score (nSPS) is 21.9. The topological polar surface area (TPSA) is 67.2 Å². The van der Waals surface area contributed by atoms with E-state index in [2.05, 4.69) is 10.4 Å². The molecule has 2 saturated heterocycles. The lowest BCUT2D eigenvalue weighted by molar-refractivity contribution is 0.0750. The summed E-state index contributed by atoms with van der Waals surface area (Å²) in [6, 6.07) is 12.7. The number of likely N-dealkylation sites (tertiary alicyclic amines) is 1. The van der Waals surface area contributed by atoms with Crippen molar-refractivity contribution >= 4 is 18.3 Å². The molecule has 7 heteroatoms. The second kappa shape index (κ2) is 8.67. The lowest BCUT2D eigenvalue weighted by atomic mass is 9.92. The molecule has 144 valence electrons. The Morgan fingerprint density at radius 3 is 2.37 bits per heavy atom. The van der Waals surface area contributed by atoms with Crippen molar-refractivity contribution in [3.63, 3.8) is 0 Å². The third-order valence-electron chi connectivity index (χ3n) is 5.57. The van der Waals surface area contributed by atoms with Crippen LogP contribution in [-0.2, 0) is 6.54 Å². The van der Waals surface area contributed by atoms with Crippen molar-refractivity contribution in [1.29, 1.82) is 0 Å². The van der Waals surface area contributed by atoms with Crippen LogP contribution in [0.1, 0.15) is 28.9 Å². The average molecular weight is 389 g/mol.